The summed E-state index contributed by atoms with van der Waals surface area (Å²) in [4.78, 5) is 14.1. The van der Waals surface area contributed by atoms with E-state index in [9.17, 15) is 9.18 Å². The van der Waals surface area contributed by atoms with E-state index < -0.39 is 11.2 Å². The van der Waals surface area contributed by atoms with E-state index in [0.29, 0.717) is 6.54 Å². The van der Waals surface area contributed by atoms with Crippen molar-refractivity contribution in [2.24, 2.45) is 11.1 Å². The number of halogens is 1. The summed E-state index contributed by atoms with van der Waals surface area (Å²) in [6, 6.07) is 6.17. The van der Waals surface area contributed by atoms with Gasteiger partial charge in [-0.1, -0.05) is 18.6 Å². The zero-order chi connectivity index (χ0) is 15.5. The van der Waals surface area contributed by atoms with Crippen molar-refractivity contribution < 1.29 is 13.9 Å². The van der Waals surface area contributed by atoms with Crippen molar-refractivity contribution in [2.75, 3.05) is 20.2 Å². The highest BCUT2D eigenvalue weighted by Crippen LogP contribution is 2.38. The second kappa shape index (κ2) is 6.43. The molecule has 0 aliphatic heterocycles. The molecule has 2 unspecified atom stereocenters. The monoisotopic (exact) mass is 294 g/mol. The third-order valence-electron chi connectivity index (χ3n) is 4.39. The number of ether oxygens (including phenoxy) is 1. The smallest absolute Gasteiger partial charge is 0.229 e. The first kappa shape index (κ1) is 15.8. The molecule has 2 atom stereocenters. The first-order valence-corrected chi connectivity index (χ1v) is 7.33. The third-order valence-corrected chi connectivity index (χ3v) is 4.39. The lowest BCUT2D eigenvalue weighted by atomic mass is 9.83. The SMILES string of the molecule is CN(CCOc1ccccc1F)C(=O)C1(C)CCCC1N. The van der Waals surface area contributed by atoms with E-state index in [-0.39, 0.29) is 24.3 Å². The fourth-order valence-corrected chi connectivity index (χ4v) is 2.85. The molecule has 1 amide bonds. The van der Waals surface area contributed by atoms with Gasteiger partial charge in [-0.15, -0.1) is 0 Å². The Morgan fingerprint density at radius 2 is 2.24 bits per heavy atom. The Morgan fingerprint density at radius 3 is 2.86 bits per heavy atom. The number of carbonyl (C=O) groups is 1. The third kappa shape index (κ3) is 3.35. The molecule has 0 heterocycles. The predicted molar refractivity (Wildman–Crippen MR) is 79.5 cm³/mol. The summed E-state index contributed by atoms with van der Waals surface area (Å²) in [5, 5.41) is 0. The van der Waals surface area contributed by atoms with E-state index in [2.05, 4.69) is 0 Å². The number of rotatable bonds is 5. The fraction of sp³-hybridized carbons (Fsp3) is 0.562. The number of nitrogens with two attached hydrogens (primary N) is 1. The topological polar surface area (TPSA) is 55.6 Å². The molecule has 2 rings (SSSR count). The summed E-state index contributed by atoms with van der Waals surface area (Å²) in [5.74, 6) is -0.136. The van der Waals surface area contributed by atoms with Gasteiger partial charge in [-0.3, -0.25) is 4.79 Å². The van der Waals surface area contributed by atoms with Gasteiger partial charge in [0.15, 0.2) is 11.6 Å². The second-order valence-electron chi connectivity index (χ2n) is 5.92. The lowest BCUT2D eigenvalue weighted by molar-refractivity contribution is -0.140. The van der Waals surface area contributed by atoms with Gasteiger partial charge >= 0.3 is 0 Å². The molecule has 5 heteroatoms. The Hall–Kier alpha value is -1.62. The molecular weight excluding hydrogens is 271 g/mol. The van der Waals surface area contributed by atoms with Crippen LogP contribution in [0.3, 0.4) is 0 Å². The van der Waals surface area contributed by atoms with Crippen molar-refractivity contribution in [3.63, 3.8) is 0 Å². The number of amides is 1. The van der Waals surface area contributed by atoms with E-state index in [4.69, 9.17) is 10.5 Å². The van der Waals surface area contributed by atoms with Crippen LogP contribution < -0.4 is 10.5 Å². The summed E-state index contributed by atoms with van der Waals surface area (Å²) in [7, 11) is 1.74. The van der Waals surface area contributed by atoms with Crippen LogP contribution in [0.2, 0.25) is 0 Å². The van der Waals surface area contributed by atoms with E-state index in [1.807, 2.05) is 6.92 Å². The minimum atomic E-state index is -0.479. The average Bonchev–Trinajstić information content (AvgIpc) is 2.81. The van der Waals surface area contributed by atoms with Crippen molar-refractivity contribution >= 4 is 5.91 Å². The zero-order valence-corrected chi connectivity index (χ0v) is 12.6. The van der Waals surface area contributed by atoms with Crippen LogP contribution in [0.15, 0.2) is 24.3 Å². The molecule has 0 bridgehead atoms. The maximum atomic E-state index is 13.4. The Morgan fingerprint density at radius 1 is 1.52 bits per heavy atom. The number of hydrogen-bond donors (Lipinski definition) is 1. The predicted octanol–water partition coefficient (Wildman–Crippen LogP) is 2.18. The second-order valence-corrected chi connectivity index (χ2v) is 5.92. The number of benzene rings is 1. The number of para-hydroxylation sites is 1. The van der Waals surface area contributed by atoms with E-state index in [1.54, 1.807) is 30.1 Å². The molecule has 1 aromatic rings. The van der Waals surface area contributed by atoms with Gasteiger partial charge in [-0.05, 0) is 31.9 Å². The molecule has 21 heavy (non-hydrogen) atoms. The summed E-state index contributed by atoms with van der Waals surface area (Å²) >= 11 is 0. The maximum Gasteiger partial charge on any atom is 0.229 e. The van der Waals surface area contributed by atoms with E-state index in [0.717, 1.165) is 19.3 Å². The maximum absolute atomic E-state index is 13.4. The molecule has 1 aliphatic rings. The zero-order valence-electron chi connectivity index (χ0n) is 12.6. The van der Waals surface area contributed by atoms with Crippen molar-refractivity contribution in [1.82, 2.24) is 4.90 Å². The summed E-state index contributed by atoms with van der Waals surface area (Å²) in [5.41, 5.74) is 5.58. The highest BCUT2D eigenvalue weighted by Gasteiger charge is 2.44. The van der Waals surface area contributed by atoms with Gasteiger partial charge in [0.25, 0.3) is 0 Å². The molecule has 1 aromatic carbocycles. The van der Waals surface area contributed by atoms with Gasteiger partial charge in [0.1, 0.15) is 6.61 Å². The quantitative estimate of drug-likeness (QED) is 0.905. The van der Waals surface area contributed by atoms with Crippen LogP contribution >= 0.6 is 0 Å². The van der Waals surface area contributed by atoms with Gasteiger partial charge < -0.3 is 15.4 Å². The molecule has 0 radical (unpaired) electrons. The van der Waals surface area contributed by atoms with Crippen molar-refractivity contribution in [3.8, 4) is 5.75 Å². The number of likely N-dealkylation sites (N-methyl/N-ethyl adjacent to an activating group) is 1. The van der Waals surface area contributed by atoms with Crippen LogP contribution in [-0.4, -0.2) is 37.0 Å². The first-order valence-electron chi connectivity index (χ1n) is 7.33. The standard InChI is InChI=1S/C16H23FN2O2/c1-16(9-5-8-14(16)18)15(20)19(2)10-11-21-13-7-4-3-6-12(13)17/h3-4,6-7,14H,5,8-11,18H2,1-2H3. The highest BCUT2D eigenvalue weighted by molar-refractivity contribution is 5.83. The Labute approximate surface area is 125 Å². The van der Waals surface area contributed by atoms with Crippen LogP contribution in [-0.2, 0) is 4.79 Å². The fourth-order valence-electron chi connectivity index (χ4n) is 2.85. The molecule has 0 aromatic heterocycles. The Balaban J connectivity index is 1.86. The van der Waals surface area contributed by atoms with Gasteiger partial charge in [0.05, 0.1) is 12.0 Å². The summed E-state index contributed by atoms with van der Waals surface area (Å²) < 4.78 is 18.8. The summed E-state index contributed by atoms with van der Waals surface area (Å²) in [6.07, 6.45) is 2.70. The van der Waals surface area contributed by atoms with Crippen molar-refractivity contribution in [1.29, 1.82) is 0 Å². The van der Waals surface area contributed by atoms with Crippen LogP contribution in [0.1, 0.15) is 26.2 Å². The molecule has 116 valence electrons. The van der Waals surface area contributed by atoms with Crippen LogP contribution in [0.5, 0.6) is 5.75 Å². The first-order chi connectivity index (χ1) is 9.95. The largest absolute Gasteiger partial charge is 0.489 e. The average molecular weight is 294 g/mol. The molecule has 2 N–H and O–H groups in total. The van der Waals surface area contributed by atoms with Gasteiger partial charge in [0, 0.05) is 13.1 Å². The normalized spacial score (nSPS) is 24.9. The van der Waals surface area contributed by atoms with Crippen molar-refractivity contribution in [3.05, 3.63) is 30.1 Å². The lowest BCUT2D eigenvalue weighted by Crippen LogP contribution is -2.48. The van der Waals surface area contributed by atoms with Gasteiger partial charge in [0.2, 0.25) is 5.91 Å². The molecule has 1 fully saturated rings. The number of carbonyl (C=O) groups excluding carboxylic acids is 1. The van der Waals surface area contributed by atoms with Gasteiger partial charge in [-0.2, -0.15) is 0 Å². The minimum absolute atomic E-state index is 0.0460. The number of nitrogens with zero attached hydrogens (tertiary/aromatic N) is 1. The molecule has 4 nitrogen and oxygen atoms in total. The van der Waals surface area contributed by atoms with Crippen molar-refractivity contribution in [2.45, 2.75) is 32.2 Å². The molecule has 1 saturated carbocycles. The summed E-state index contributed by atoms with van der Waals surface area (Å²) in [6.45, 7) is 2.60. The lowest BCUT2D eigenvalue weighted by Gasteiger charge is -2.32. The minimum Gasteiger partial charge on any atom is -0.489 e. The van der Waals surface area contributed by atoms with Crippen LogP contribution in [0.25, 0.3) is 0 Å². The van der Waals surface area contributed by atoms with E-state index in [1.165, 1.54) is 6.07 Å². The molecule has 1 aliphatic carbocycles. The van der Waals surface area contributed by atoms with E-state index >= 15 is 0 Å². The highest BCUT2D eigenvalue weighted by atomic mass is 19.1. The Kier molecular flexibility index (Phi) is 4.83. The van der Waals surface area contributed by atoms with Crippen LogP contribution in [0.4, 0.5) is 4.39 Å². The Bertz CT molecular complexity index is 509. The molecule has 0 saturated heterocycles. The molecular formula is C16H23FN2O2. The van der Waals surface area contributed by atoms with Crippen LogP contribution in [0, 0.1) is 11.2 Å². The molecule has 0 spiro atoms. The number of hydrogen-bond acceptors (Lipinski definition) is 3. The van der Waals surface area contributed by atoms with Gasteiger partial charge in [-0.25, -0.2) is 4.39 Å².